The maximum Gasteiger partial charge on any atom is 0.140 e. The van der Waals surface area contributed by atoms with E-state index in [1.807, 2.05) is 30.6 Å². The summed E-state index contributed by atoms with van der Waals surface area (Å²) in [6.45, 7) is 3.27. The molecule has 0 atom stereocenters. The van der Waals surface area contributed by atoms with Crippen LogP contribution in [0.25, 0.3) is 22.0 Å². The van der Waals surface area contributed by atoms with Crippen LogP contribution in [0.15, 0.2) is 61.2 Å². The Morgan fingerprint density at radius 3 is 2.54 bits per heavy atom. The predicted octanol–water partition coefficient (Wildman–Crippen LogP) is 3.49. The van der Waals surface area contributed by atoms with Crippen LogP contribution in [0.5, 0.6) is 0 Å². The molecule has 1 saturated heterocycles. The van der Waals surface area contributed by atoms with Crippen molar-refractivity contribution in [2.24, 2.45) is 0 Å². The molecule has 7 heteroatoms. The fraction of sp³-hybridized carbons (Fsp3) is 0.190. The molecule has 0 saturated carbocycles. The summed E-state index contributed by atoms with van der Waals surface area (Å²) in [5.74, 6) is 0.739. The highest BCUT2D eigenvalue weighted by atomic mass is 19.1. The number of hydrogen-bond acceptors (Lipinski definition) is 5. The summed E-state index contributed by atoms with van der Waals surface area (Å²) in [5, 5.41) is 7.92. The molecule has 5 rings (SSSR count). The lowest BCUT2D eigenvalue weighted by Gasteiger charge is -2.37. The number of fused-ring (bicyclic) bond motifs is 1. The van der Waals surface area contributed by atoms with Crippen molar-refractivity contribution < 1.29 is 4.39 Å². The Hall–Kier alpha value is -3.48. The van der Waals surface area contributed by atoms with Crippen LogP contribution in [0.2, 0.25) is 0 Å². The molecule has 2 aromatic heterocycles. The molecule has 4 aromatic rings. The minimum absolute atomic E-state index is 0.200. The average Bonchev–Trinajstić information content (AvgIpc) is 3.28. The summed E-state index contributed by atoms with van der Waals surface area (Å²) < 4.78 is 13.5. The quantitative estimate of drug-likeness (QED) is 0.595. The van der Waals surface area contributed by atoms with Crippen molar-refractivity contribution in [2.45, 2.75) is 0 Å². The molecule has 1 aliphatic rings. The molecule has 28 heavy (non-hydrogen) atoms. The maximum atomic E-state index is 13.5. The summed E-state index contributed by atoms with van der Waals surface area (Å²) in [6, 6.07) is 13.0. The molecule has 0 amide bonds. The summed E-state index contributed by atoms with van der Waals surface area (Å²) in [6.07, 6.45) is 5.30. The zero-order chi connectivity index (χ0) is 18.9. The van der Waals surface area contributed by atoms with Crippen molar-refractivity contribution in [1.29, 1.82) is 0 Å². The van der Waals surface area contributed by atoms with Gasteiger partial charge in [0, 0.05) is 49.0 Å². The van der Waals surface area contributed by atoms with E-state index in [4.69, 9.17) is 0 Å². The number of nitrogens with zero attached hydrogens (tertiary/aromatic N) is 5. The van der Waals surface area contributed by atoms with Crippen LogP contribution in [-0.2, 0) is 0 Å². The molecular weight excluding hydrogens is 355 g/mol. The van der Waals surface area contributed by atoms with Crippen LogP contribution in [0.1, 0.15) is 0 Å². The topological polar surface area (TPSA) is 60.9 Å². The fourth-order valence-electron chi connectivity index (χ4n) is 3.73. The molecular formula is C21H19FN6. The van der Waals surface area contributed by atoms with Gasteiger partial charge in [-0.2, -0.15) is 5.10 Å². The van der Waals surface area contributed by atoms with Crippen molar-refractivity contribution in [1.82, 2.24) is 20.2 Å². The summed E-state index contributed by atoms with van der Waals surface area (Å²) in [7, 11) is 0. The number of benzene rings is 2. The average molecular weight is 374 g/mol. The van der Waals surface area contributed by atoms with Crippen LogP contribution >= 0.6 is 0 Å². The maximum absolute atomic E-state index is 13.5. The number of piperazine rings is 1. The lowest BCUT2D eigenvalue weighted by atomic mass is 10.1. The predicted molar refractivity (Wildman–Crippen MR) is 108 cm³/mol. The third kappa shape index (κ3) is 3.05. The summed E-state index contributed by atoms with van der Waals surface area (Å²) in [4.78, 5) is 13.5. The molecule has 2 aromatic carbocycles. The van der Waals surface area contributed by atoms with Gasteiger partial charge in [-0.15, -0.1) is 0 Å². The Labute approximate surface area is 161 Å². The molecule has 1 N–H and O–H groups in total. The van der Waals surface area contributed by atoms with Gasteiger partial charge < -0.3 is 9.80 Å². The molecule has 0 spiro atoms. The second-order valence-corrected chi connectivity index (χ2v) is 6.87. The first-order valence-electron chi connectivity index (χ1n) is 9.27. The molecule has 0 bridgehead atoms. The van der Waals surface area contributed by atoms with Gasteiger partial charge >= 0.3 is 0 Å². The van der Waals surface area contributed by atoms with E-state index in [9.17, 15) is 4.39 Å². The highest BCUT2D eigenvalue weighted by Gasteiger charge is 2.20. The number of anilines is 2. The van der Waals surface area contributed by atoms with E-state index in [0.717, 1.165) is 59.7 Å². The molecule has 6 nitrogen and oxygen atoms in total. The van der Waals surface area contributed by atoms with Crippen LogP contribution in [0.4, 0.5) is 15.9 Å². The number of H-pyrrole nitrogens is 1. The van der Waals surface area contributed by atoms with Gasteiger partial charge in [0.2, 0.25) is 0 Å². The molecule has 0 aliphatic carbocycles. The second-order valence-electron chi connectivity index (χ2n) is 6.87. The van der Waals surface area contributed by atoms with Crippen molar-refractivity contribution in [3.05, 3.63) is 67.0 Å². The van der Waals surface area contributed by atoms with Crippen molar-refractivity contribution in [3.8, 4) is 11.1 Å². The zero-order valence-corrected chi connectivity index (χ0v) is 15.2. The second kappa shape index (κ2) is 6.92. The Morgan fingerprint density at radius 1 is 0.893 bits per heavy atom. The van der Waals surface area contributed by atoms with Gasteiger partial charge in [0.1, 0.15) is 18.0 Å². The van der Waals surface area contributed by atoms with Gasteiger partial charge in [0.05, 0.1) is 11.7 Å². The van der Waals surface area contributed by atoms with Gasteiger partial charge in [0.15, 0.2) is 0 Å². The highest BCUT2D eigenvalue weighted by Crippen LogP contribution is 2.29. The largest absolute Gasteiger partial charge is 0.368 e. The van der Waals surface area contributed by atoms with Gasteiger partial charge in [-0.3, -0.25) is 5.10 Å². The van der Waals surface area contributed by atoms with Gasteiger partial charge in [0.25, 0.3) is 0 Å². The molecule has 0 radical (unpaired) electrons. The van der Waals surface area contributed by atoms with Gasteiger partial charge in [-0.25, -0.2) is 14.4 Å². The van der Waals surface area contributed by atoms with E-state index in [0.29, 0.717) is 0 Å². The number of aromatic nitrogens is 4. The number of nitrogens with one attached hydrogen (secondary N) is 1. The van der Waals surface area contributed by atoms with E-state index in [-0.39, 0.29) is 5.82 Å². The fourth-order valence-corrected chi connectivity index (χ4v) is 3.73. The summed E-state index contributed by atoms with van der Waals surface area (Å²) >= 11 is 0. The first-order chi connectivity index (χ1) is 13.8. The Kier molecular flexibility index (Phi) is 4.12. The Balaban J connectivity index is 1.43. The van der Waals surface area contributed by atoms with Crippen LogP contribution in [0.3, 0.4) is 0 Å². The van der Waals surface area contributed by atoms with E-state index < -0.39 is 0 Å². The van der Waals surface area contributed by atoms with E-state index in [1.165, 1.54) is 6.07 Å². The molecule has 3 heterocycles. The number of aromatic amines is 1. The third-order valence-electron chi connectivity index (χ3n) is 5.20. The van der Waals surface area contributed by atoms with Crippen LogP contribution in [-0.4, -0.2) is 46.3 Å². The zero-order valence-electron chi connectivity index (χ0n) is 15.2. The van der Waals surface area contributed by atoms with E-state index in [2.05, 4.69) is 36.0 Å². The van der Waals surface area contributed by atoms with Crippen LogP contribution < -0.4 is 9.80 Å². The Morgan fingerprint density at radius 2 is 1.75 bits per heavy atom. The number of halogens is 1. The van der Waals surface area contributed by atoms with Crippen molar-refractivity contribution in [2.75, 3.05) is 36.0 Å². The van der Waals surface area contributed by atoms with Gasteiger partial charge in [-0.1, -0.05) is 12.1 Å². The van der Waals surface area contributed by atoms with E-state index in [1.54, 1.807) is 18.5 Å². The normalized spacial score (nSPS) is 14.6. The smallest absolute Gasteiger partial charge is 0.140 e. The highest BCUT2D eigenvalue weighted by molar-refractivity contribution is 5.92. The first kappa shape index (κ1) is 16.7. The summed E-state index contributed by atoms with van der Waals surface area (Å²) in [5.41, 5.74) is 3.96. The first-order valence-corrected chi connectivity index (χ1v) is 9.27. The SMILES string of the molecule is Fc1cccc(N2CCN(c3ncnc4ccc(-c5cn[nH]c5)cc34)CC2)c1. The lowest BCUT2D eigenvalue weighted by molar-refractivity contribution is 0.619. The Bertz CT molecular complexity index is 1100. The van der Waals surface area contributed by atoms with Crippen molar-refractivity contribution in [3.63, 3.8) is 0 Å². The minimum Gasteiger partial charge on any atom is -0.368 e. The molecule has 1 fully saturated rings. The number of rotatable bonds is 3. The lowest BCUT2D eigenvalue weighted by Crippen LogP contribution is -2.47. The minimum atomic E-state index is -0.200. The van der Waals surface area contributed by atoms with Gasteiger partial charge in [-0.05, 0) is 35.9 Å². The van der Waals surface area contributed by atoms with Crippen LogP contribution in [0, 0.1) is 5.82 Å². The number of hydrogen-bond donors (Lipinski definition) is 1. The molecule has 1 aliphatic heterocycles. The monoisotopic (exact) mass is 374 g/mol. The van der Waals surface area contributed by atoms with Crippen molar-refractivity contribution >= 4 is 22.4 Å². The third-order valence-corrected chi connectivity index (χ3v) is 5.20. The molecule has 140 valence electrons. The standard InChI is InChI=1S/C21H19FN6/c22-17-2-1-3-18(11-17)27-6-8-28(9-7-27)21-19-10-15(16-12-25-26-13-16)4-5-20(19)23-14-24-21/h1-5,10-14H,6-9H2,(H,25,26). The van der Waals surface area contributed by atoms with E-state index >= 15 is 0 Å². The molecule has 0 unspecified atom stereocenters.